The molecular weight excluding hydrogens is 496 g/mol. The summed E-state index contributed by atoms with van der Waals surface area (Å²) >= 11 is 0. The first-order chi connectivity index (χ1) is 19.2. The van der Waals surface area contributed by atoms with Crippen LogP contribution in [0.5, 0.6) is 0 Å². The number of aliphatic hydroxyl groups is 1. The summed E-state index contributed by atoms with van der Waals surface area (Å²) in [5.41, 5.74) is 5.85. The van der Waals surface area contributed by atoms with Crippen molar-refractivity contribution in [3.8, 4) is 12.1 Å². The third-order valence-corrected chi connectivity index (χ3v) is 11.1. The molecule has 3 saturated carbocycles. The molecule has 5 heteroatoms. The van der Waals surface area contributed by atoms with Crippen LogP contribution in [0.1, 0.15) is 95.6 Å². The number of hydrogen-bond donors (Lipinski definition) is 1. The molecule has 40 heavy (non-hydrogen) atoms. The van der Waals surface area contributed by atoms with Crippen LogP contribution < -0.4 is 0 Å². The number of rotatable bonds is 4. The van der Waals surface area contributed by atoms with Gasteiger partial charge in [-0.25, -0.2) is 0 Å². The normalized spacial score (nSPS) is 36.1. The van der Waals surface area contributed by atoms with Crippen LogP contribution in [0.3, 0.4) is 0 Å². The molecule has 5 nitrogen and oxygen atoms in total. The molecule has 0 bridgehead atoms. The molecule has 6 atom stereocenters. The summed E-state index contributed by atoms with van der Waals surface area (Å²) in [5.74, 6) is 0.966. The third-order valence-electron chi connectivity index (χ3n) is 11.1. The maximum absolute atomic E-state index is 11.2. The first-order valence-electron chi connectivity index (χ1n) is 15.4. The number of aliphatic hydroxyl groups excluding tert-OH is 1. The van der Waals surface area contributed by atoms with Crippen molar-refractivity contribution in [3.63, 3.8) is 0 Å². The summed E-state index contributed by atoms with van der Waals surface area (Å²) in [6, 6.07) is 12.9. The van der Waals surface area contributed by atoms with E-state index in [1.54, 1.807) is 11.1 Å². The fraction of sp³-hybridized carbons (Fsp3) is 0.657. The fourth-order valence-corrected chi connectivity index (χ4v) is 8.81. The maximum atomic E-state index is 11.2. The Kier molecular flexibility index (Phi) is 7.23. The molecule has 1 heterocycles. The maximum Gasteiger partial charge on any atom is 0.169 e. The van der Waals surface area contributed by atoms with Crippen LogP contribution >= 0.6 is 0 Å². The average Bonchev–Trinajstić information content (AvgIpc) is 3.26. The van der Waals surface area contributed by atoms with Crippen LogP contribution in [0.4, 0.5) is 0 Å². The Morgan fingerprint density at radius 1 is 1.00 bits per heavy atom. The van der Waals surface area contributed by atoms with Crippen LogP contribution in [-0.4, -0.2) is 30.2 Å². The first kappa shape index (κ1) is 27.7. The van der Waals surface area contributed by atoms with Crippen molar-refractivity contribution >= 4 is 6.08 Å². The molecule has 6 rings (SSSR count). The minimum Gasteiger partial charge on any atom is -0.393 e. The summed E-state index contributed by atoms with van der Waals surface area (Å²) in [6.45, 7) is 8.33. The monoisotopic (exact) mass is 540 g/mol. The molecule has 212 valence electrons. The highest BCUT2D eigenvalue weighted by molar-refractivity contribution is 5.51. The van der Waals surface area contributed by atoms with Gasteiger partial charge in [0, 0.05) is 24.2 Å². The Labute approximate surface area is 239 Å². The predicted octanol–water partition coefficient (Wildman–Crippen LogP) is 7.29. The number of nitriles is 2. The second-order valence-electron chi connectivity index (χ2n) is 14.3. The topological polar surface area (TPSA) is 86.3 Å². The second-order valence-corrected chi connectivity index (χ2v) is 14.3. The van der Waals surface area contributed by atoms with Crippen molar-refractivity contribution in [3.05, 3.63) is 52.6 Å². The van der Waals surface area contributed by atoms with E-state index < -0.39 is 11.7 Å². The highest BCUT2D eigenvalue weighted by Gasteiger charge is 2.57. The highest BCUT2D eigenvalue weighted by Crippen LogP contribution is 2.65. The number of nitrogens with zero attached hydrogens (tertiary/aromatic N) is 2. The van der Waals surface area contributed by atoms with Gasteiger partial charge >= 0.3 is 0 Å². The van der Waals surface area contributed by atoms with Gasteiger partial charge in [-0.05, 0) is 79.2 Å². The van der Waals surface area contributed by atoms with Crippen molar-refractivity contribution < 1.29 is 14.6 Å². The molecule has 4 fully saturated rings. The largest absolute Gasteiger partial charge is 0.393 e. The fourth-order valence-electron chi connectivity index (χ4n) is 8.81. The first-order valence-corrected chi connectivity index (χ1v) is 15.4. The minimum atomic E-state index is -0.598. The van der Waals surface area contributed by atoms with Gasteiger partial charge in [0.05, 0.1) is 31.5 Å². The summed E-state index contributed by atoms with van der Waals surface area (Å²) in [6.07, 6.45) is 12.6. The zero-order chi connectivity index (χ0) is 28.1. The predicted molar refractivity (Wildman–Crippen MR) is 155 cm³/mol. The molecule has 6 unspecified atom stereocenters. The van der Waals surface area contributed by atoms with E-state index in [1.165, 1.54) is 18.4 Å². The Morgan fingerprint density at radius 3 is 2.42 bits per heavy atom. The zero-order valence-corrected chi connectivity index (χ0v) is 24.4. The summed E-state index contributed by atoms with van der Waals surface area (Å²) < 4.78 is 12.9. The molecule has 0 amide bonds. The molecule has 1 saturated heterocycles. The summed E-state index contributed by atoms with van der Waals surface area (Å²) in [5, 5.41) is 29.3. The Hall–Kier alpha value is -2.44. The quantitative estimate of drug-likeness (QED) is 0.405. The van der Waals surface area contributed by atoms with E-state index in [-0.39, 0.29) is 16.9 Å². The Balaban J connectivity index is 1.30. The molecule has 0 aromatic heterocycles. The lowest BCUT2D eigenvalue weighted by Gasteiger charge is -2.55. The van der Waals surface area contributed by atoms with E-state index in [9.17, 15) is 5.11 Å². The molecule has 1 aromatic rings. The van der Waals surface area contributed by atoms with Gasteiger partial charge in [-0.1, -0.05) is 68.3 Å². The highest BCUT2D eigenvalue weighted by atomic mass is 16.7. The molecule has 1 aliphatic heterocycles. The number of benzene rings is 1. The molecule has 1 aromatic carbocycles. The Morgan fingerprint density at radius 2 is 1.73 bits per heavy atom. The molecule has 4 aliphatic carbocycles. The minimum absolute atomic E-state index is 0.0362. The van der Waals surface area contributed by atoms with Gasteiger partial charge in [-0.15, -0.1) is 0 Å². The average molecular weight is 541 g/mol. The standard InChI is InChI=1S/C35H44N2O3/c1-33(2)21-39-35(40-22-33)16-15-27-26(17-35)11-12-28-30-13-14-31(38)34(30,3)18-29(32(27)28)25-9-7-23(8-10-25)5-4-6-24(19-36)20-37/h4-5,7-10,24,26,28-31,38H,6,11-18,21-22H2,1-3H3/b5-4+. The number of allylic oxidation sites excluding steroid dienone is 3. The molecule has 1 spiro atoms. The van der Waals surface area contributed by atoms with E-state index in [4.69, 9.17) is 20.0 Å². The van der Waals surface area contributed by atoms with Crippen LogP contribution in [-0.2, 0) is 9.47 Å². The number of hydrogen-bond acceptors (Lipinski definition) is 5. The molecular formula is C35H44N2O3. The lowest BCUT2D eigenvalue weighted by Crippen LogP contribution is -2.52. The van der Waals surface area contributed by atoms with E-state index in [0.717, 1.165) is 57.3 Å². The van der Waals surface area contributed by atoms with Gasteiger partial charge in [0.15, 0.2) is 5.79 Å². The SMILES string of the molecule is CC1(C)COC2(CCC3=C4C(c5ccc(/C=C/CC(C#N)C#N)cc5)CC5(C)C(O)CCC5C4CCC3C2)OC1. The van der Waals surface area contributed by atoms with Gasteiger partial charge in [0.25, 0.3) is 0 Å². The lowest BCUT2D eigenvalue weighted by atomic mass is 9.52. The van der Waals surface area contributed by atoms with Crippen LogP contribution in [0.15, 0.2) is 41.5 Å². The van der Waals surface area contributed by atoms with Gasteiger partial charge in [0.1, 0.15) is 5.92 Å². The van der Waals surface area contributed by atoms with Crippen molar-refractivity contribution in [2.45, 2.75) is 96.4 Å². The van der Waals surface area contributed by atoms with Gasteiger partial charge < -0.3 is 14.6 Å². The smallest absolute Gasteiger partial charge is 0.169 e. The van der Waals surface area contributed by atoms with Crippen LogP contribution in [0.2, 0.25) is 0 Å². The number of ether oxygens (including phenoxy) is 2. The van der Waals surface area contributed by atoms with Crippen molar-refractivity contribution in [2.75, 3.05) is 13.2 Å². The van der Waals surface area contributed by atoms with Crippen molar-refractivity contribution in [1.29, 1.82) is 10.5 Å². The van der Waals surface area contributed by atoms with Gasteiger partial charge in [0.2, 0.25) is 0 Å². The van der Waals surface area contributed by atoms with Crippen molar-refractivity contribution in [1.82, 2.24) is 0 Å². The van der Waals surface area contributed by atoms with E-state index in [1.807, 2.05) is 24.3 Å². The molecule has 5 aliphatic rings. The molecule has 1 N–H and O–H groups in total. The van der Waals surface area contributed by atoms with E-state index in [0.29, 0.717) is 30.1 Å². The zero-order valence-electron chi connectivity index (χ0n) is 24.4. The van der Waals surface area contributed by atoms with E-state index >= 15 is 0 Å². The summed E-state index contributed by atoms with van der Waals surface area (Å²) in [7, 11) is 0. The van der Waals surface area contributed by atoms with Crippen LogP contribution in [0.25, 0.3) is 6.08 Å². The van der Waals surface area contributed by atoms with Gasteiger partial charge in [-0.3, -0.25) is 0 Å². The van der Waals surface area contributed by atoms with Crippen LogP contribution in [0, 0.1) is 57.2 Å². The van der Waals surface area contributed by atoms with E-state index in [2.05, 4.69) is 45.0 Å². The molecule has 0 radical (unpaired) electrons. The second kappa shape index (κ2) is 10.4. The Bertz CT molecular complexity index is 1240. The lowest BCUT2D eigenvalue weighted by molar-refractivity contribution is -0.312. The van der Waals surface area contributed by atoms with Gasteiger partial charge in [-0.2, -0.15) is 10.5 Å². The third kappa shape index (κ3) is 4.85. The summed E-state index contributed by atoms with van der Waals surface area (Å²) in [4.78, 5) is 0. The number of fused-ring (bicyclic) bond motifs is 4. The van der Waals surface area contributed by atoms with Crippen molar-refractivity contribution in [2.24, 2.45) is 34.5 Å².